The molecule has 0 amide bonds. The van der Waals surface area contributed by atoms with E-state index in [2.05, 4.69) is 15.0 Å². The molecule has 2 atom stereocenters. The van der Waals surface area contributed by atoms with Gasteiger partial charge >= 0.3 is 11.4 Å². The molecule has 2 bridgehead atoms. The molecule has 0 aliphatic carbocycles. The lowest BCUT2D eigenvalue weighted by Crippen LogP contribution is -2.46. The number of fused-ring (bicyclic) bond motifs is 3. The molecule has 3 aromatic rings. The quantitative estimate of drug-likeness (QED) is 0.537. The first-order chi connectivity index (χ1) is 15.9. The van der Waals surface area contributed by atoms with Gasteiger partial charge in [0.1, 0.15) is 11.6 Å². The number of halogens is 1. The maximum atomic E-state index is 13.9. The first kappa shape index (κ1) is 22.0. The lowest BCUT2D eigenvalue weighted by Gasteiger charge is -2.38. The summed E-state index contributed by atoms with van der Waals surface area (Å²) in [6.07, 6.45) is 4.91. The van der Waals surface area contributed by atoms with Gasteiger partial charge in [-0.1, -0.05) is 18.2 Å². The Labute approximate surface area is 190 Å². The van der Waals surface area contributed by atoms with Crippen molar-refractivity contribution in [1.82, 2.24) is 28.6 Å². The Morgan fingerprint density at radius 2 is 1.85 bits per heavy atom. The van der Waals surface area contributed by atoms with Crippen molar-refractivity contribution in [2.45, 2.75) is 70.4 Å². The van der Waals surface area contributed by atoms with Crippen molar-refractivity contribution in [3.8, 4) is 0 Å². The molecule has 1 aromatic carbocycles. The Morgan fingerprint density at radius 1 is 1.12 bits per heavy atom. The topological polar surface area (TPSA) is 86.7 Å². The van der Waals surface area contributed by atoms with Crippen molar-refractivity contribution in [1.29, 1.82) is 0 Å². The third-order valence-electron chi connectivity index (χ3n) is 7.03. The summed E-state index contributed by atoms with van der Waals surface area (Å²) in [6, 6.07) is 7.59. The standard InChI is InChI=1S/C23H29FN6O3/c1-15-26-27(2)21-25-22(31)29(23(32)30(15)21)11-5-10-28-17-8-9-18(28)13-19(12-17)33-14-16-6-3-4-7-20(16)24/h3-4,6-7,17-19H,5,8-14H2,1-2H3. The van der Waals surface area contributed by atoms with Crippen LogP contribution < -0.4 is 11.4 Å². The molecular weight excluding hydrogens is 427 g/mol. The van der Waals surface area contributed by atoms with Crippen LogP contribution in [0.4, 0.5) is 4.39 Å². The third-order valence-corrected chi connectivity index (χ3v) is 7.03. The molecule has 9 nitrogen and oxygen atoms in total. The number of aryl methyl sites for hydroxylation is 2. The summed E-state index contributed by atoms with van der Waals surface area (Å²) in [7, 11) is 1.66. The second-order valence-electron chi connectivity index (χ2n) is 9.11. The molecule has 0 radical (unpaired) electrons. The number of hydrogen-bond donors (Lipinski definition) is 0. The Morgan fingerprint density at radius 3 is 2.58 bits per heavy atom. The van der Waals surface area contributed by atoms with Crippen molar-refractivity contribution >= 4 is 5.78 Å². The average Bonchev–Trinajstić information content (AvgIpc) is 3.19. The Balaban J connectivity index is 1.19. The summed E-state index contributed by atoms with van der Waals surface area (Å²) in [5.74, 6) is 0.543. The highest BCUT2D eigenvalue weighted by Gasteiger charge is 2.40. The second-order valence-corrected chi connectivity index (χ2v) is 9.11. The minimum absolute atomic E-state index is 0.130. The largest absolute Gasteiger partial charge is 0.373 e. The van der Waals surface area contributed by atoms with E-state index in [1.165, 1.54) is 19.7 Å². The summed E-state index contributed by atoms with van der Waals surface area (Å²) in [6.45, 7) is 3.16. The van der Waals surface area contributed by atoms with Crippen LogP contribution in [0.15, 0.2) is 33.9 Å². The van der Waals surface area contributed by atoms with Crippen LogP contribution >= 0.6 is 0 Å². The Bertz CT molecular complexity index is 1270. The average molecular weight is 457 g/mol. The van der Waals surface area contributed by atoms with Crippen LogP contribution in [0.1, 0.15) is 43.5 Å². The number of nitrogens with zero attached hydrogens (tertiary/aromatic N) is 6. The SMILES string of the molecule is Cc1nn(C)c2nc(=O)n(CCCN3C4CCC3CC(OCc3ccccc3F)C4)c(=O)n12. The molecule has 4 heterocycles. The van der Waals surface area contributed by atoms with Crippen molar-refractivity contribution < 1.29 is 9.13 Å². The second kappa shape index (κ2) is 8.83. The van der Waals surface area contributed by atoms with E-state index in [1.807, 2.05) is 6.07 Å². The number of piperidine rings is 1. The predicted octanol–water partition coefficient (Wildman–Crippen LogP) is 1.64. The molecule has 176 valence electrons. The molecule has 10 heteroatoms. The Hall–Kier alpha value is -2.85. The van der Waals surface area contributed by atoms with Gasteiger partial charge in [-0.3, -0.25) is 4.90 Å². The molecular formula is C23H29FN6O3. The van der Waals surface area contributed by atoms with E-state index < -0.39 is 5.69 Å². The lowest BCUT2D eigenvalue weighted by atomic mass is 9.99. The summed E-state index contributed by atoms with van der Waals surface area (Å²) in [5.41, 5.74) is -0.330. The van der Waals surface area contributed by atoms with Crippen molar-refractivity contribution in [3.63, 3.8) is 0 Å². The smallest absolute Gasteiger partial charge is 0.355 e. The van der Waals surface area contributed by atoms with Crippen LogP contribution in [0.5, 0.6) is 0 Å². The van der Waals surface area contributed by atoms with Gasteiger partial charge in [0, 0.05) is 37.8 Å². The normalized spacial score (nSPS) is 22.9. The zero-order valence-corrected chi connectivity index (χ0v) is 19.0. The monoisotopic (exact) mass is 456 g/mol. The van der Waals surface area contributed by atoms with Gasteiger partial charge in [0.25, 0.3) is 0 Å². The fraction of sp³-hybridized carbons (Fsp3) is 0.565. The van der Waals surface area contributed by atoms with E-state index in [0.717, 1.165) is 32.2 Å². The van der Waals surface area contributed by atoms with E-state index in [0.29, 0.717) is 43.0 Å². The highest BCUT2D eigenvalue weighted by Crippen LogP contribution is 2.37. The van der Waals surface area contributed by atoms with Crippen LogP contribution in [-0.4, -0.2) is 53.4 Å². The van der Waals surface area contributed by atoms with E-state index in [9.17, 15) is 14.0 Å². The molecule has 2 aromatic heterocycles. The third kappa shape index (κ3) is 4.13. The van der Waals surface area contributed by atoms with Gasteiger partial charge in [-0.15, -0.1) is 0 Å². The Kier molecular flexibility index (Phi) is 5.88. The maximum Gasteiger partial charge on any atom is 0.355 e. The fourth-order valence-electron chi connectivity index (χ4n) is 5.44. The number of aromatic nitrogens is 5. The summed E-state index contributed by atoms with van der Waals surface area (Å²) < 4.78 is 24.0. The molecule has 2 unspecified atom stereocenters. The molecule has 2 aliphatic heterocycles. The number of benzene rings is 1. The van der Waals surface area contributed by atoms with Crippen LogP contribution in [-0.2, 0) is 24.9 Å². The van der Waals surface area contributed by atoms with Crippen LogP contribution in [0.3, 0.4) is 0 Å². The van der Waals surface area contributed by atoms with Gasteiger partial charge in [-0.2, -0.15) is 10.1 Å². The molecule has 33 heavy (non-hydrogen) atoms. The summed E-state index contributed by atoms with van der Waals surface area (Å²) in [4.78, 5) is 31.8. The molecule has 0 saturated carbocycles. The van der Waals surface area contributed by atoms with E-state index >= 15 is 0 Å². The highest BCUT2D eigenvalue weighted by atomic mass is 19.1. The predicted molar refractivity (Wildman–Crippen MR) is 120 cm³/mol. The van der Waals surface area contributed by atoms with Crippen molar-refractivity contribution in [2.75, 3.05) is 6.54 Å². The molecule has 0 spiro atoms. The molecule has 2 saturated heterocycles. The van der Waals surface area contributed by atoms with Crippen LogP contribution in [0, 0.1) is 12.7 Å². The minimum atomic E-state index is -0.536. The van der Waals surface area contributed by atoms with Crippen molar-refractivity contribution in [2.24, 2.45) is 7.05 Å². The van der Waals surface area contributed by atoms with Gasteiger partial charge in [-0.05, 0) is 45.1 Å². The molecule has 2 fully saturated rings. The summed E-state index contributed by atoms with van der Waals surface area (Å²) in [5, 5.41) is 4.19. The minimum Gasteiger partial charge on any atom is -0.373 e. The van der Waals surface area contributed by atoms with E-state index in [-0.39, 0.29) is 23.4 Å². The first-order valence-corrected chi connectivity index (χ1v) is 11.6. The number of hydrogen-bond acceptors (Lipinski definition) is 6. The van der Waals surface area contributed by atoms with Crippen LogP contribution in [0.2, 0.25) is 0 Å². The summed E-state index contributed by atoms with van der Waals surface area (Å²) >= 11 is 0. The number of ether oxygens (including phenoxy) is 1. The lowest BCUT2D eigenvalue weighted by molar-refractivity contribution is -0.0293. The van der Waals surface area contributed by atoms with Gasteiger partial charge in [0.15, 0.2) is 0 Å². The maximum absolute atomic E-state index is 13.9. The van der Waals surface area contributed by atoms with Gasteiger partial charge in [0.2, 0.25) is 5.78 Å². The molecule has 5 rings (SSSR count). The zero-order chi connectivity index (χ0) is 23.1. The van der Waals surface area contributed by atoms with E-state index in [4.69, 9.17) is 4.74 Å². The van der Waals surface area contributed by atoms with Crippen molar-refractivity contribution in [3.05, 3.63) is 62.4 Å². The van der Waals surface area contributed by atoms with E-state index in [1.54, 1.807) is 26.1 Å². The van der Waals surface area contributed by atoms with Gasteiger partial charge in [-0.25, -0.2) is 27.6 Å². The fourth-order valence-corrected chi connectivity index (χ4v) is 5.44. The van der Waals surface area contributed by atoms with Crippen LogP contribution in [0.25, 0.3) is 5.78 Å². The zero-order valence-electron chi connectivity index (χ0n) is 19.0. The molecule has 0 N–H and O–H groups in total. The number of rotatable bonds is 7. The highest BCUT2D eigenvalue weighted by molar-refractivity contribution is 5.26. The van der Waals surface area contributed by atoms with Gasteiger partial charge < -0.3 is 4.74 Å². The molecule has 2 aliphatic rings. The van der Waals surface area contributed by atoms with Gasteiger partial charge in [0.05, 0.1) is 12.7 Å². The first-order valence-electron chi connectivity index (χ1n) is 11.6.